The molecule has 0 spiro atoms. The van der Waals surface area contributed by atoms with E-state index in [4.69, 9.17) is 4.18 Å². The van der Waals surface area contributed by atoms with E-state index in [1.165, 1.54) is 12.1 Å². The minimum Gasteiger partial charge on any atom is -0.396 e. The van der Waals surface area contributed by atoms with Crippen LogP contribution in [0.2, 0.25) is 0 Å². The van der Waals surface area contributed by atoms with Crippen molar-refractivity contribution in [3.8, 4) is 0 Å². The molecular formula is C42H46N10O8S2. The summed E-state index contributed by atoms with van der Waals surface area (Å²) in [5.41, 5.74) is 3.50. The second kappa shape index (κ2) is 21.4. The molecule has 2 aromatic heterocycles. The highest BCUT2D eigenvalue weighted by molar-refractivity contribution is 7.86. The first-order chi connectivity index (χ1) is 29.9. The molecule has 0 saturated heterocycles. The number of hydrogen-bond donors (Lipinski definition) is 7. The van der Waals surface area contributed by atoms with Crippen LogP contribution in [0.25, 0.3) is 12.2 Å². The quantitative estimate of drug-likeness (QED) is 0.0200. The predicted octanol–water partition coefficient (Wildman–Crippen LogP) is 5.21. The van der Waals surface area contributed by atoms with E-state index in [1.807, 2.05) is 60.7 Å². The number of rotatable bonds is 22. The Balaban J connectivity index is 1.29. The van der Waals surface area contributed by atoms with Crippen molar-refractivity contribution in [3.05, 3.63) is 137 Å². The molecule has 0 atom stereocenters. The molecule has 0 bridgehead atoms. The van der Waals surface area contributed by atoms with Crippen molar-refractivity contribution in [2.45, 2.75) is 36.3 Å². The molecule has 62 heavy (non-hydrogen) atoms. The molecule has 0 aliphatic carbocycles. The highest BCUT2D eigenvalue weighted by Gasteiger charge is 2.20. The first kappa shape index (κ1) is 45.1. The van der Waals surface area contributed by atoms with Gasteiger partial charge in [-0.25, -0.2) is 0 Å². The number of benzene rings is 4. The average molecular weight is 883 g/mol. The van der Waals surface area contributed by atoms with Crippen LogP contribution in [0.15, 0.2) is 102 Å². The Bertz CT molecular complexity index is 2690. The first-order valence-electron chi connectivity index (χ1n) is 19.4. The van der Waals surface area contributed by atoms with Crippen LogP contribution in [0.3, 0.4) is 0 Å². The summed E-state index contributed by atoms with van der Waals surface area (Å²) in [5, 5.41) is 30.9. The third-order valence-electron chi connectivity index (χ3n) is 8.94. The molecule has 20 heteroatoms. The van der Waals surface area contributed by atoms with E-state index >= 15 is 0 Å². The Hall–Kier alpha value is -6.42. The normalized spacial score (nSPS) is 11.7. The summed E-state index contributed by atoms with van der Waals surface area (Å²) in [4.78, 5) is 26.9. The third-order valence-corrected chi connectivity index (χ3v) is 10.9. The summed E-state index contributed by atoms with van der Waals surface area (Å²) in [6.45, 7) is 0.786. The van der Waals surface area contributed by atoms with Gasteiger partial charge in [-0.05, 0) is 64.9 Å². The van der Waals surface area contributed by atoms with Gasteiger partial charge in [0.25, 0.3) is 20.2 Å². The predicted molar refractivity (Wildman–Crippen MR) is 236 cm³/mol. The van der Waals surface area contributed by atoms with E-state index in [9.17, 15) is 31.6 Å². The summed E-state index contributed by atoms with van der Waals surface area (Å²) in [7, 11) is -7.76. The van der Waals surface area contributed by atoms with Crippen LogP contribution >= 0.6 is 0 Å². The van der Waals surface area contributed by atoms with Gasteiger partial charge in [-0.15, -0.1) is 0 Å². The Labute approximate surface area is 359 Å². The van der Waals surface area contributed by atoms with Crippen LogP contribution in [0.1, 0.15) is 52.3 Å². The van der Waals surface area contributed by atoms with Gasteiger partial charge in [0.05, 0.1) is 7.11 Å². The molecule has 324 valence electrons. The maximum atomic E-state index is 13.3. The maximum absolute atomic E-state index is 13.3. The van der Waals surface area contributed by atoms with Gasteiger partial charge in [0, 0.05) is 50.5 Å². The molecule has 0 aliphatic heterocycles. The zero-order chi connectivity index (χ0) is 44.0. The van der Waals surface area contributed by atoms with Gasteiger partial charge in [-0.1, -0.05) is 84.9 Å². The molecule has 4 aromatic carbocycles. The zero-order valence-corrected chi connectivity index (χ0v) is 35.3. The van der Waals surface area contributed by atoms with Crippen LogP contribution in [0, 0.1) is 0 Å². The Morgan fingerprint density at radius 1 is 0.597 bits per heavy atom. The van der Waals surface area contributed by atoms with Crippen molar-refractivity contribution in [2.75, 3.05) is 54.7 Å². The van der Waals surface area contributed by atoms with Crippen molar-refractivity contribution in [1.82, 2.24) is 29.9 Å². The SMILES string of the molecule is COS(=O)(=O)c1cc(Nc2nc(Cc3ccccc3)nc(NCCCO)n2)ccc1/C=C/c1ccc(Cc2nc(NCCCO)nc(Nc3ccccc3)n2)cc1CS(=O)(=O)O. The molecule has 0 aliphatic rings. The Kier molecular flexibility index (Phi) is 15.6. The molecule has 0 unspecified atom stereocenters. The van der Waals surface area contributed by atoms with Crippen molar-refractivity contribution in [1.29, 1.82) is 0 Å². The molecule has 6 aromatic rings. The molecule has 6 rings (SSSR count). The highest BCUT2D eigenvalue weighted by Crippen LogP contribution is 2.28. The molecular weight excluding hydrogens is 837 g/mol. The average Bonchev–Trinajstić information content (AvgIpc) is 3.24. The fourth-order valence-corrected chi connectivity index (χ4v) is 7.57. The summed E-state index contributed by atoms with van der Waals surface area (Å²) >= 11 is 0. The van der Waals surface area contributed by atoms with Crippen LogP contribution in [-0.4, -0.2) is 94.9 Å². The fraction of sp³-hybridized carbons (Fsp3) is 0.238. The van der Waals surface area contributed by atoms with Gasteiger partial charge >= 0.3 is 0 Å². The first-order valence-corrected chi connectivity index (χ1v) is 22.4. The van der Waals surface area contributed by atoms with Gasteiger partial charge in [0.1, 0.15) is 22.3 Å². The molecule has 0 saturated carbocycles. The summed E-state index contributed by atoms with van der Waals surface area (Å²) in [6.07, 6.45) is 4.54. The molecule has 0 amide bonds. The van der Waals surface area contributed by atoms with Crippen molar-refractivity contribution < 1.29 is 35.8 Å². The monoisotopic (exact) mass is 882 g/mol. The number of nitrogens with zero attached hydrogens (tertiary/aromatic N) is 6. The topological polar surface area (TPSA) is 264 Å². The van der Waals surface area contributed by atoms with Crippen LogP contribution in [0.5, 0.6) is 0 Å². The van der Waals surface area contributed by atoms with Gasteiger partial charge in [-0.3, -0.25) is 8.74 Å². The number of para-hydroxylation sites is 1. The number of hydrogen-bond acceptors (Lipinski definition) is 17. The smallest absolute Gasteiger partial charge is 0.297 e. The largest absolute Gasteiger partial charge is 0.396 e. The van der Waals surface area contributed by atoms with Crippen LogP contribution in [-0.2, 0) is 43.0 Å². The van der Waals surface area contributed by atoms with Crippen LogP contribution < -0.4 is 21.3 Å². The van der Waals surface area contributed by atoms with E-state index < -0.39 is 26.0 Å². The number of aliphatic hydroxyl groups is 2. The number of aromatic nitrogens is 6. The van der Waals surface area contributed by atoms with Gasteiger partial charge < -0.3 is 31.5 Å². The van der Waals surface area contributed by atoms with E-state index in [0.29, 0.717) is 60.8 Å². The van der Waals surface area contributed by atoms with E-state index in [2.05, 4.69) is 51.2 Å². The van der Waals surface area contributed by atoms with E-state index in [-0.39, 0.29) is 59.5 Å². The fourth-order valence-electron chi connectivity index (χ4n) is 6.06. The molecule has 18 nitrogen and oxygen atoms in total. The standard InChI is InChI=1S/C42H46N10O8S2/c1-60-62(58,59)36-27-35(46-42-49-37(25-29-10-4-2-5-11-29)47-39(52-42)43-20-8-22-53)19-18-32(36)17-16-31-15-14-30(24-33(31)28-61(55,56)57)26-38-48-40(44-21-9-23-54)51-41(50-38)45-34-12-6-3-7-13-34/h2-7,10-19,24,27,53-54H,8-9,20-23,25-26,28H2,1H3,(H,55,56,57)(H2,43,46,47,49,52)(H2,44,45,48,50,51)/b17-16+. The molecule has 0 radical (unpaired) electrons. The Morgan fingerprint density at radius 3 is 1.71 bits per heavy atom. The van der Waals surface area contributed by atoms with Crippen molar-refractivity contribution in [2.24, 2.45) is 0 Å². The van der Waals surface area contributed by atoms with Crippen molar-refractivity contribution in [3.63, 3.8) is 0 Å². The van der Waals surface area contributed by atoms with Gasteiger partial charge in [0.2, 0.25) is 23.8 Å². The molecule has 2 heterocycles. The number of nitrogens with one attached hydrogen (secondary N) is 4. The summed E-state index contributed by atoms with van der Waals surface area (Å²) in [6, 6.07) is 28.4. The molecule has 0 fully saturated rings. The zero-order valence-electron chi connectivity index (χ0n) is 33.6. The van der Waals surface area contributed by atoms with Gasteiger partial charge in [-0.2, -0.15) is 46.7 Å². The summed E-state index contributed by atoms with van der Waals surface area (Å²) < 4.78 is 65.9. The summed E-state index contributed by atoms with van der Waals surface area (Å²) in [5.74, 6) is 1.04. The van der Waals surface area contributed by atoms with E-state index in [1.54, 1.807) is 36.4 Å². The lowest BCUT2D eigenvalue weighted by molar-refractivity contribution is 0.292. The minimum atomic E-state index is -4.51. The second-order valence-corrected chi connectivity index (χ2v) is 16.9. The minimum absolute atomic E-state index is 0.0195. The number of anilines is 6. The maximum Gasteiger partial charge on any atom is 0.297 e. The van der Waals surface area contributed by atoms with E-state index in [0.717, 1.165) is 18.4 Å². The molecule has 7 N–H and O–H groups in total. The third kappa shape index (κ3) is 13.5. The number of aliphatic hydroxyl groups excluding tert-OH is 2. The lowest BCUT2D eigenvalue weighted by atomic mass is 10.0. The highest BCUT2D eigenvalue weighted by atomic mass is 32.2. The Morgan fingerprint density at radius 2 is 1.13 bits per heavy atom. The van der Waals surface area contributed by atoms with Crippen molar-refractivity contribution >= 4 is 67.6 Å². The second-order valence-electron chi connectivity index (χ2n) is 13.7. The van der Waals surface area contributed by atoms with Gasteiger partial charge in [0.15, 0.2) is 0 Å². The van der Waals surface area contributed by atoms with Crippen LogP contribution in [0.4, 0.5) is 35.2 Å². The lowest BCUT2D eigenvalue weighted by Crippen LogP contribution is -2.12. The lowest BCUT2D eigenvalue weighted by Gasteiger charge is -2.13.